The van der Waals surface area contributed by atoms with Gasteiger partial charge >= 0.3 is 5.97 Å². The predicted molar refractivity (Wildman–Crippen MR) is 57.7 cm³/mol. The largest absolute Gasteiger partial charge is 1.00 e. The highest BCUT2D eigenvalue weighted by Gasteiger charge is 2.08. The van der Waals surface area contributed by atoms with Gasteiger partial charge in [0, 0.05) is 6.61 Å². The molecule has 0 saturated carbocycles. The fraction of sp³-hybridized carbons (Fsp3) is 0.636. The molecule has 0 bridgehead atoms. The summed E-state index contributed by atoms with van der Waals surface area (Å²) in [5.74, 6) is -0.240. The molecule has 0 aliphatic carbocycles. The summed E-state index contributed by atoms with van der Waals surface area (Å²) >= 11 is 0. The van der Waals surface area contributed by atoms with Crippen molar-refractivity contribution in [3.8, 4) is 0 Å². The predicted octanol–water partition coefficient (Wildman–Crippen LogP) is -2.71. The van der Waals surface area contributed by atoms with E-state index in [1.807, 2.05) is 37.3 Å². The average molecular weight is 307 g/mol. The molecular weight excluding hydrogens is 288 g/mol. The van der Waals surface area contributed by atoms with Crippen LogP contribution in [-0.2, 0) is 27.9 Å². The van der Waals surface area contributed by atoms with Gasteiger partial charge in [-0.3, -0.25) is 0 Å². The molecule has 0 aliphatic heterocycles. The van der Waals surface area contributed by atoms with Crippen molar-refractivity contribution in [1.29, 1.82) is 0 Å². The maximum Gasteiger partial charge on any atom is 0.348 e. The molecule has 1 aromatic heterocycles. The summed E-state index contributed by atoms with van der Waals surface area (Å²) < 4.78 is 13.9. The lowest BCUT2D eigenvalue weighted by Gasteiger charge is -2.03. The van der Waals surface area contributed by atoms with Gasteiger partial charge in [-0.1, -0.05) is 6.92 Å². The number of nitrogens with zero attached hydrogens (tertiary/aromatic N) is 2. The Bertz CT molecular complexity index is 328. The van der Waals surface area contributed by atoms with Crippen LogP contribution in [0.15, 0.2) is 18.7 Å². The van der Waals surface area contributed by atoms with Crippen molar-refractivity contribution in [2.45, 2.75) is 19.9 Å². The minimum absolute atomic E-state index is 0. The Labute approximate surface area is 112 Å². The highest BCUT2D eigenvalue weighted by Crippen LogP contribution is 1.88. The molecule has 0 N–H and O–H groups in total. The molecule has 17 heavy (non-hydrogen) atoms. The monoisotopic (exact) mass is 306 g/mol. The normalized spacial score (nSPS) is 9.76. The fourth-order valence-corrected chi connectivity index (χ4v) is 1.25. The Hall–Kier alpha value is -0.880. The first-order chi connectivity index (χ1) is 7.72. The summed E-state index contributed by atoms with van der Waals surface area (Å²) in [6.45, 7) is 3.79. The summed E-state index contributed by atoms with van der Waals surface area (Å²) in [6.07, 6.45) is 6.51. The minimum Gasteiger partial charge on any atom is -1.00 e. The van der Waals surface area contributed by atoms with Gasteiger partial charge in [0.15, 0.2) is 6.54 Å². The number of aromatic nitrogens is 2. The number of aryl methyl sites for hydroxylation is 1. The van der Waals surface area contributed by atoms with E-state index in [0.717, 1.165) is 6.42 Å². The molecule has 0 saturated heterocycles. The van der Waals surface area contributed by atoms with Crippen LogP contribution >= 0.6 is 0 Å². The van der Waals surface area contributed by atoms with Crippen LogP contribution in [-0.4, -0.2) is 30.4 Å². The van der Waals surface area contributed by atoms with Crippen LogP contribution in [0.3, 0.4) is 0 Å². The third-order valence-corrected chi connectivity index (χ3v) is 1.97. The van der Waals surface area contributed by atoms with Crippen molar-refractivity contribution < 1.29 is 35.8 Å². The molecule has 0 aromatic carbocycles. The number of carbonyl (C=O) groups excluding carboxylic acids is 1. The first-order valence-electron chi connectivity index (χ1n) is 5.46. The van der Waals surface area contributed by atoms with Crippen LogP contribution in [0.25, 0.3) is 0 Å². The van der Waals surface area contributed by atoms with Gasteiger partial charge in [-0.2, -0.15) is 0 Å². The second kappa shape index (κ2) is 9.18. The van der Waals surface area contributed by atoms with Gasteiger partial charge in [0.25, 0.3) is 0 Å². The summed E-state index contributed by atoms with van der Waals surface area (Å²) in [7, 11) is 1.90. The van der Waals surface area contributed by atoms with Gasteiger partial charge < -0.3 is 26.5 Å². The summed E-state index contributed by atoms with van der Waals surface area (Å²) in [5, 5.41) is 0. The number of halogens is 1. The molecule has 5 nitrogen and oxygen atoms in total. The second-order valence-corrected chi connectivity index (χ2v) is 3.58. The van der Waals surface area contributed by atoms with E-state index in [9.17, 15) is 4.79 Å². The zero-order valence-corrected chi connectivity index (χ0v) is 11.9. The summed E-state index contributed by atoms with van der Waals surface area (Å²) in [6, 6.07) is 0. The van der Waals surface area contributed by atoms with Gasteiger partial charge in [0.05, 0.1) is 13.7 Å². The summed E-state index contributed by atoms with van der Waals surface area (Å²) in [5.41, 5.74) is 0. The van der Waals surface area contributed by atoms with E-state index < -0.39 is 0 Å². The quantitative estimate of drug-likeness (QED) is 0.313. The highest BCUT2D eigenvalue weighted by atomic mass is 79.9. The van der Waals surface area contributed by atoms with E-state index >= 15 is 0 Å². The molecular formula is C11H19BrN2O3. The molecule has 1 rings (SSSR count). The molecule has 0 unspecified atom stereocenters. The molecule has 0 atom stereocenters. The van der Waals surface area contributed by atoms with E-state index in [4.69, 9.17) is 9.47 Å². The van der Waals surface area contributed by atoms with Crippen molar-refractivity contribution >= 4 is 5.97 Å². The SMILES string of the molecule is CCCOCCOC(=O)Cn1cc[n+](C)c1.[Br-]. The molecule has 6 heteroatoms. The number of imidazole rings is 1. The first kappa shape index (κ1) is 16.1. The number of ether oxygens (including phenoxy) is 2. The van der Waals surface area contributed by atoms with Gasteiger partial charge in [0.2, 0.25) is 6.33 Å². The third-order valence-electron chi connectivity index (χ3n) is 1.97. The zero-order valence-electron chi connectivity index (χ0n) is 10.3. The number of hydrogen-bond acceptors (Lipinski definition) is 3. The van der Waals surface area contributed by atoms with Crippen LogP contribution in [0.1, 0.15) is 13.3 Å². The van der Waals surface area contributed by atoms with Crippen molar-refractivity contribution in [2.24, 2.45) is 7.05 Å². The summed E-state index contributed by atoms with van der Waals surface area (Å²) in [4.78, 5) is 11.3. The van der Waals surface area contributed by atoms with Crippen molar-refractivity contribution in [2.75, 3.05) is 19.8 Å². The Morgan fingerprint density at radius 1 is 1.35 bits per heavy atom. The van der Waals surface area contributed by atoms with E-state index in [-0.39, 0.29) is 29.5 Å². The molecule has 0 radical (unpaired) electrons. The smallest absolute Gasteiger partial charge is 0.348 e. The van der Waals surface area contributed by atoms with Gasteiger partial charge in [-0.25, -0.2) is 13.9 Å². The van der Waals surface area contributed by atoms with E-state index in [2.05, 4.69) is 0 Å². The molecule has 0 aliphatic rings. The van der Waals surface area contributed by atoms with Crippen LogP contribution < -0.4 is 21.5 Å². The van der Waals surface area contributed by atoms with Gasteiger partial charge in [-0.05, 0) is 6.42 Å². The van der Waals surface area contributed by atoms with E-state index in [1.165, 1.54) is 0 Å². The Morgan fingerprint density at radius 2 is 2.12 bits per heavy atom. The first-order valence-corrected chi connectivity index (χ1v) is 5.46. The molecule has 0 spiro atoms. The number of hydrogen-bond donors (Lipinski definition) is 0. The van der Waals surface area contributed by atoms with Crippen LogP contribution in [0.4, 0.5) is 0 Å². The molecule has 1 heterocycles. The lowest BCUT2D eigenvalue weighted by molar-refractivity contribution is -0.671. The number of rotatable bonds is 7. The fourth-order valence-electron chi connectivity index (χ4n) is 1.25. The lowest BCUT2D eigenvalue weighted by Crippen LogP contribution is -3.00. The molecule has 0 amide bonds. The van der Waals surface area contributed by atoms with Crippen LogP contribution in [0.2, 0.25) is 0 Å². The third kappa shape index (κ3) is 7.12. The molecule has 98 valence electrons. The van der Waals surface area contributed by atoms with Gasteiger partial charge in [-0.15, -0.1) is 0 Å². The van der Waals surface area contributed by atoms with Crippen LogP contribution in [0, 0.1) is 0 Å². The topological polar surface area (TPSA) is 44.3 Å². The number of esters is 1. The average Bonchev–Trinajstić information content (AvgIpc) is 2.63. The standard InChI is InChI=1S/C11H19N2O3.BrH/c1-3-6-15-7-8-16-11(14)9-13-5-4-12(2)10-13;/h4-5,10H,3,6-9H2,1-2H3;1H/q+1;/p-1. The Morgan fingerprint density at radius 3 is 2.71 bits per heavy atom. The van der Waals surface area contributed by atoms with Crippen molar-refractivity contribution in [3.63, 3.8) is 0 Å². The van der Waals surface area contributed by atoms with Crippen LogP contribution in [0.5, 0.6) is 0 Å². The highest BCUT2D eigenvalue weighted by molar-refractivity contribution is 5.69. The van der Waals surface area contributed by atoms with Crippen molar-refractivity contribution in [1.82, 2.24) is 4.57 Å². The molecule has 1 aromatic rings. The Balaban J connectivity index is 0.00000256. The second-order valence-electron chi connectivity index (χ2n) is 3.58. The zero-order chi connectivity index (χ0) is 11.8. The lowest BCUT2D eigenvalue weighted by atomic mass is 10.5. The van der Waals surface area contributed by atoms with Gasteiger partial charge in [0.1, 0.15) is 19.0 Å². The Kier molecular flexibility index (Phi) is 8.71. The number of carbonyl (C=O) groups is 1. The van der Waals surface area contributed by atoms with E-state index in [1.54, 1.807) is 4.57 Å². The van der Waals surface area contributed by atoms with E-state index in [0.29, 0.717) is 19.8 Å². The van der Waals surface area contributed by atoms with Crippen molar-refractivity contribution in [3.05, 3.63) is 18.7 Å². The maximum absolute atomic E-state index is 11.3. The minimum atomic E-state index is -0.240. The maximum atomic E-state index is 11.3. The molecule has 0 fully saturated rings.